The van der Waals surface area contributed by atoms with Gasteiger partial charge in [-0.2, -0.15) is 0 Å². The number of nitrogens with zero attached hydrogens (tertiary/aromatic N) is 1. The van der Waals surface area contributed by atoms with E-state index in [1.807, 2.05) is 12.1 Å². The number of benzene rings is 1. The Labute approximate surface area is 105 Å². The number of methoxy groups -OCH3 is 2. The van der Waals surface area contributed by atoms with E-state index in [2.05, 4.69) is 0 Å². The van der Waals surface area contributed by atoms with Crippen LogP contribution >= 0.6 is 11.6 Å². The Morgan fingerprint density at radius 1 is 1.35 bits per heavy atom. The smallest absolute Gasteiger partial charge is 0.241 e. The maximum Gasteiger partial charge on any atom is 0.241 e. The molecule has 0 bridgehead atoms. The van der Waals surface area contributed by atoms with Crippen LogP contribution in [0.15, 0.2) is 12.1 Å². The predicted molar refractivity (Wildman–Crippen MR) is 66.3 cm³/mol. The number of carbonyl (C=O) groups is 1. The highest BCUT2D eigenvalue weighted by atomic mass is 35.5. The minimum Gasteiger partial charge on any atom is -0.493 e. The molecule has 0 atom stereocenters. The Morgan fingerprint density at radius 3 is 2.59 bits per heavy atom. The number of amides is 1. The molecule has 92 valence electrons. The number of hydrogen-bond donors (Lipinski definition) is 0. The summed E-state index contributed by atoms with van der Waals surface area (Å²) in [5.41, 5.74) is 1.95. The molecule has 5 heteroatoms. The molecule has 2 rings (SSSR count). The average molecular weight is 256 g/mol. The topological polar surface area (TPSA) is 38.8 Å². The Morgan fingerprint density at radius 2 is 2.00 bits per heavy atom. The van der Waals surface area contributed by atoms with Crippen molar-refractivity contribution in [2.75, 3.05) is 31.5 Å². The van der Waals surface area contributed by atoms with Crippen LogP contribution in [0, 0.1) is 0 Å². The Bertz CT molecular complexity index is 448. The fraction of sp³-hybridized carbons (Fsp3) is 0.417. The molecular formula is C12H14ClNO3. The second-order valence-electron chi connectivity index (χ2n) is 3.76. The lowest BCUT2D eigenvalue weighted by Gasteiger charge is -2.17. The van der Waals surface area contributed by atoms with Gasteiger partial charge in [0.05, 0.1) is 19.9 Å². The van der Waals surface area contributed by atoms with Crippen LogP contribution in [0.4, 0.5) is 5.69 Å². The fourth-order valence-corrected chi connectivity index (χ4v) is 2.19. The largest absolute Gasteiger partial charge is 0.493 e. The molecule has 0 saturated heterocycles. The first-order valence-electron chi connectivity index (χ1n) is 5.32. The highest BCUT2D eigenvalue weighted by Crippen LogP contribution is 2.38. The van der Waals surface area contributed by atoms with Crippen LogP contribution in [-0.2, 0) is 11.2 Å². The van der Waals surface area contributed by atoms with Gasteiger partial charge in [0.25, 0.3) is 0 Å². The van der Waals surface area contributed by atoms with Crippen molar-refractivity contribution in [1.82, 2.24) is 0 Å². The zero-order valence-electron chi connectivity index (χ0n) is 9.83. The van der Waals surface area contributed by atoms with Gasteiger partial charge in [0.15, 0.2) is 11.5 Å². The molecule has 0 saturated carbocycles. The molecule has 0 aromatic heterocycles. The monoisotopic (exact) mass is 255 g/mol. The van der Waals surface area contributed by atoms with Crippen LogP contribution in [-0.4, -0.2) is 32.6 Å². The van der Waals surface area contributed by atoms with Gasteiger partial charge in [-0.1, -0.05) is 0 Å². The van der Waals surface area contributed by atoms with E-state index < -0.39 is 0 Å². The Kier molecular flexibility index (Phi) is 3.43. The van der Waals surface area contributed by atoms with E-state index >= 15 is 0 Å². The molecule has 1 aromatic rings. The van der Waals surface area contributed by atoms with Gasteiger partial charge in [-0.05, 0) is 18.1 Å². The van der Waals surface area contributed by atoms with Gasteiger partial charge in [0, 0.05) is 12.6 Å². The number of rotatable bonds is 3. The molecule has 17 heavy (non-hydrogen) atoms. The molecule has 0 fully saturated rings. The molecule has 1 heterocycles. The lowest BCUT2D eigenvalue weighted by Crippen LogP contribution is -2.29. The third-order valence-electron chi connectivity index (χ3n) is 2.90. The summed E-state index contributed by atoms with van der Waals surface area (Å²) < 4.78 is 10.5. The maximum atomic E-state index is 11.7. The van der Waals surface area contributed by atoms with E-state index in [9.17, 15) is 4.79 Å². The van der Waals surface area contributed by atoms with Gasteiger partial charge in [0.2, 0.25) is 5.91 Å². The molecule has 0 unspecified atom stereocenters. The van der Waals surface area contributed by atoms with Crippen molar-refractivity contribution in [3.8, 4) is 11.5 Å². The van der Waals surface area contributed by atoms with Crippen LogP contribution in [0.5, 0.6) is 11.5 Å². The molecule has 1 aliphatic rings. The van der Waals surface area contributed by atoms with Crippen LogP contribution in [0.2, 0.25) is 0 Å². The van der Waals surface area contributed by atoms with Gasteiger partial charge >= 0.3 is 0 Å². The van der Waals surface area contributed by atoms with E-state index in [-0.39, 0.29) is 11.8 Å². The number of hydrogen-bond acceptors (Lipinski definition) is 3. The number of halogens is 1. The van der Waals surface area contributed by atoms with Crippen LogP contribution in [0.3, 0.4) is 0 Å². The van der Waals surface area contributed by atoms with Crippen molar-refractivity contribution in [2.45, 2.75) is 6.42 Å². The Balaban J connectivity index is 2.42. The van der Waals surface area contributed by atoms with Crippen molar-refractivity contribution in [3.63, 3.8) is 0 Å². The first-order chi connectivity index (χ1) is 8.21. The number of carbonyl (C=O) groups excluding carboxylic acids is 1. The lowest BCUT2D eigenvalue weighted by molar-refractivity contribution is -0.116. The third kappa shape index (κ3) is 2.05. The third-order valence-corrected chi connectivity index (χ3v) is 3.12. The van der Waals surface area contributed by atoms with Crippen molar-refractivity contribution in [1.29, 1.82) is 0 Å². The maximum absolute atomic E-state index is 11.7. The Hall–Kier alpha value is -1.42. The SMILES string of the molecule is COc1cc2c(cc1OC)N(C(=O)CCl)CC2. The van der Waals surface area contributed by atoms with Crippen molar-refractivity contribution < 1.29 is 14.3 Å². The summed E-state index contributed by atoms with van der Waals surface area (Å²) in [6.45, 7) is 0.664. The van der Waals surface area contributed by atoms with Crippen molar-refractivity contribution in [2.24, 2.45) is 0 Å². The van der Waals surface area contributed by atoms with Gasteiger partial charge in [-0.25, -0.2) is 0 Å². The molecule has 0 N–H and O–H groups in total. The lowest BCUT2D eigenvalue weighted by atomic mass is 10.1. The zero-order valence-corrected chi connectivity index (χ0v) is 10.6. The summed E-state index contributed by atoms with van der Waals surface area (Å²) in [5, 5.41) is 0. The summed E-state index contributed by atoms with van der Waals surface area (Å²) in [4.78, 5) is 13.3. The van der Waals surface area contributed by atoms with E-state index in [4.69, 9.17) is 21.1 Å². The van der Waals surface area contributed by atoms with E-state index in [1.54, 1.807) is 19.1 Å². The summed E-state index contributed by atoms with van der Waals surface area (Å²) in [7, 11) is 3.17. The van der Waals surface area contributed by atoms with Gasteiger partial charge in [0.1, 0.15) is 5.88 Å². The van der Waals surface area contributed by atoms with Crippen molar-refractivity contribution in [3.05, 3.63) is 17.7 Å². The average Bonchev–Trinajstić information content (AvgIpc) is 2.78. The minimum absolute atomic E-state index is 0.00617. The van der Waals surface area contributed by atoms with Gasteiger partial charge < -0.3 is 14.4 Å². The molecule has 4 nitrogen and oxygen atoms in total. The van der Waals surface area contributed by atoms with Gasteiger partial charge in [-0.3, -0.25) is 4.79 Å². The molecule has 0 aliphatic carbocycles. The van der Waals surface area contributed by atoms with Crippen LogP contribution in [0.1, 0.15) is 5.56 Å². The fourth-order valence-electron chi connectivity index (χ4n) is 2.05. The molecule has 0 radical (unpaired) electrons. The van der Waals surface area contributed by atoms with Crippen LogP contribution < -0.4 is 14.4 Å². The molecule has 1 amide bonds. The highest BCUT2D eigenvalue weighted by Gasteiger charge is 2.26. The second-order valence-corrected chi connectivity index (χ2v) is 4.03. The predicted octanol–water partition coefficient (Wildman–Crippen LogP) is 1.83. The summed E-state index contributed by atoms with van der Waals surface area (Å²) in [6, 6.07) is 3.74. The quantitative estimate of drug-likeness (QED) is 0.774. The zero-order chi connectivity index (χ0) is 12.4. The normalized spacial score (nSPS) is 13.5. The number of anilines is 1. The number of ether oxygens (including phenoxy) is 2. The van der Waals surface area contributed by atoms with Crippen molar-refractivity contribution >= 4 is 23.2 Å². The summed E-state index contributed by atoms with van der Waals surface area (Å²) >= 11 is 5.58. The molecule has 1 aliphatic heterocycles. The van der Waals surface area contributed by atoms with E-state index in [0.717, 1.165) is 17.7 Å². The molecule has 1 aromatic carbocycles. The van der Waals surface area contributed by atoms with E-state index in [1.165, 1.54) is 0 Å². The highest BCUT2D eigenvalue weighted by molar-refractivity contribution is 6.29. The summed E-state index contributed by atoms with van der Waals surface area (Å²) in [5.74, 6) is 1.22. The number of alkyl halides is 1. The summed E-state index contributed by atoms with van der Waals surface area (Å²) in [6.07, 6.45) is 0.818. The molecular weight excluding hydrogens is 242 g/mol. The standard InChI is InChI=1S/C12H14ClNO3/c1-16-10-5-8-3-4-14(12(15)7-13)9(8)6-11(10)17-2/h5-6H,3-4,7H2,1-2H3. The van der Waals surface area contributed by atoms with Crippen LogP contribution in [0.25, 0.3) is 0 Å². The second kappa shape index (κ2) is 4.84. The first kappa shape index (κ1) is 12.0. The first-order valence-corrected chi connectivity index (χ1v) is 5.86. The van der Waals surface area contributed by atoms with E-state index in [0.29, 0.717) is 18.0 Å². The minimum atomic E-state index is -0.0855. The van der Waals surface area contributed by atoms with Gasteiger partial charge in [-0.15, -0.1) is 11.6 Å². The number of fused-ring (bicyclic) bond motifs is 1. The molecule has 0 spiro atoms.